The molecule has 2 N–H and O–H groups in total. The molecule has 0 unspecified atom stereocenters. The smallest absolute Gasteiger partial charge is 0.0897 e. The van der Waals surface area contributed by atoms with Crippen molar-refractivity contribution in [2.45, 2.75) is 26.2 Å². The predicted molar refractivity (Wildman–Crippen MR) is 56.1 cm³/mol. The fourth-order valence-corrected chi connectivity index (χ4v) is 1.62. The van der Waals surface area contributed by atoms with Crippen LogP contribution in [0.1, 0.15) is 23.5 Å². The highest BCUT2D eigenvalue weighted by Crippen LogP contribution is 2.09. The highest BCUT2D eigenvalue weighted by atomic mass is 35.5. The molecule has 0 aromatic carbocycles. The second-order valence-corrected chi connectivity index (χ2v) is 3.67. The summed E-state index contributed by atoms with van der Waals surface area (Å²) in [6.45, 7) is 2.83. The van der Waals surface area contributed by atoms with Crippen LogP contribution in [0.2, 0.25) is 0 Å². The second kappa shape index (κ2) is 6.40. The van der Waals surface area contributed by atoms with Gasteiger partial charge in [-0.2, -0.15) is 0 Å². The highest BCUT2D eigenvalue weighted by Gasteiger charge is 1.96. The fraction of sp³-hybridized carbons (Fsp3) is 0.625. The lowest BCUT2D eigenvalue weighted by atomic mass is 10.2. The standard InChI is InChI=1S/C8H14N2S.ClH/c1-7-10-8(6-11-7)4-2-3-5-9;/h6H,2-5,9H2,1H3;1H. The number of aryl methyl sites for hydroxylation is 2. The molecule has 0 aliphatic carbocycles. The Morgan fingerprint density at radius 1 is 1.50 bits per heavy atom. The topological polar surface area (TPSA) is 38.9 Å². The number of rotatable bonds is 4. The molecule has 70 valence electrons. The van der Waals surface area contributed by atoms with Crippen molar-refractivity contribution in [2.75, 3.05) is 6.54 Å². The molecule has 0 radical (unpaired) electrons. The molecular formula is C8H15ClN2S. The lowest BCUT2D eigenvalue weighted by Gasteiger charge is -1.93. The van der Waals surface area contributed by atoms with Gasteiger partial charge in [0.2, 0.25) is 0 Å². The maximum absolute atomic E-state index is 5.38. The molecule has 0 atom stereocenters. The van der Waals surface area contributed by atoms with E-state index in [2.05, 4.69) is 10.4 Å². The summed E-state index contributed by atoms with van der Waals surface area (Å²) in [6, 6.07) is 0. The lowest BCUT2D eigenvalue weighted by molar-refractivity contribution is 0.734. The van der Waals surface area contributed by atoms with Gasteiger partial charge >= 0.3 is 0 Å². The summed E-state index contributed by atoms with van der Waals surface area (Å²) in [4.78, 5) is 4.36. The van der Waals surface area contributed by atoms with Gasteiger partial charge in [-0.25, -0.2) is 4.98 Å². The third-order valence-electron chi connectivity index (χ3n) is 1.55. The van der Waals surface area contributed by atoms with Crippen LogP contribution in [0.15, 0.2) is 5.38 Å². The van der Waals surface area contributed by atoms with E-state index in [1.165, 1.54) is 12.1 Å². The number of nitrogens with zero attached hydrogens (tertiary/aromatic N) is 1. The molecule has 2 nitrogen and oxygen atoms in total. The number of hydrogen-bond donors (Lipinski definition) is 1. The number of nitrogens with two attached hydrogens (primary N) is 1. The molecule has 12 heavy (non-hydrogen) atoms. The normalized spacial score (nSPS) is 9.50. The van der Waals surface area contributed by atoms with E-state index in [0.29, 0.717) is 0 Å². The van der Waals surface area contributed by atoms with Gasteiger partial charge in [-0.1, -0.05) is 0 Å². The van der Waals surface area contributed by atoms with E-state index in [1.807, 2.05) is 6.92 Å². The Kier molecular flexibility index (Phi) is 6.34. The fourth-order valence-electron chi connectivity index (χ4n) is 0.974. The van der Waals surface area contributed by atoms with Crippen molar-refractivity contribution in [3.63, 3.8) is 0 Å². The molecule has 4 heteroatoms. The molecule has 0 bridgehead atoms. The molecule has 1 heterocycles. The molecule has 0 fully saturated rings. The number of aromatic nitrogens is 1. The Morgan fingerprint density at radius 3 is 2.75 bits per heavy atom. The van der Waals surface area contributed by atoms with Gasteiger partial charge in [-0.05, 0) is 32.7 Å². The Morgan fingerprint density at radius 2 is 2.25 bits per heavy atom. The predicted octanol–water partition coefficient (Wildman–Crippen LogP) is 2.15. The van der Waals surface area contributed by atoms with E-state index in [1.54, 1.807) is 11.3 Å². The van der Waals surface area contributed by atoms with Crippen LogP contribution in [-0.4, -0.2) is 11.5 Å². The van der Waals surface area contributed by atoms with Gasteiger partial charge in [0.15, 0.2) is 0 Å². The van der Waals surface area contributed by atoms with Gasteiger partial charge in [0.25, 0.3) is 0 Å². The van der Waals surface area contributed by atoms with Gasteiger partial charge in [0.1, 0.15) is 0 Å². The molecule has 1 rings (SSSR count). The van der Waals surface area contributed by atoms with Gasteiger partial charge in [-0.15, -0.1) is 23.7 Å². The zero-order valence-corrected chi connectivity index (χ0v) is 8.88. The molecule has 0 spiro atoms. The van der Waals surface area contributed by atoms with E-state index in [9.17, 15) is 0 Å². The number of thiazole rings is 1. The Labute approximate surface area is 83.6 Å². The lowest BCUT2D eigenvalue weighted by Crippen LogP contribution is -1.98. The molecule has 0 saturated heterocycles. The zero-order chi connectivity index (χ0) is 8.10. The Hall–Kier alpha value is -0.120. The minimum absolute atomic E-state index is 0. The largest absolute Gasteiger partial charge is 0.330 e. The number of hydrogen-bond acceptors (Lipinski definition) is 3. The first-order chi connectivity index (χ1) is 5.33. The highest BCUT2D eigenvalue weighted by molar-refractivity contribution is 7.09. The molecule has 0 amide bonds. The van der Waals surface area contributed by atoms with Crippen molar-refractivity contribution in [1.29, 1.82) is 0 Å². The van der Waals surface area contributed by atoms with Crippen LogP contribution >= 0.6 is 23.7 Å². The van der Waals surface area contributed by atoms with Crippen LogP contribution in [0, 0.1) is 6.92 Å². The average Bonchev–Trinajstić information content (AvgIpc) is 2.37. The minimum Gasteiger partial charge on any atom is -0.330 e. The van der Waals surface area contributed by atoms with Crippen LogP contribution < -0.4 is 5.73 Å². The summed E-state index contributed by atoms with van der Waals surface area (Å²) < 4.78 is 0. The van der Waals surface area contributed by atoms with Crippen LogP contribution in [0.25, 0.3) is 0 Å². The molecule has 1 aromatic heterocycles. The summed E-state index contributed by atoms with van der Waals surface area (Å²) in [5, 5.41) is 3.29. The van der Waals surface area contributed by atoms with E-state index in [0.717, 1.165) is 24.4 Å². The molecule has 1 aromatic rings. The zero-order valence-electron chi connectivity index (χ0n) is 7.25. The minimum atomic E-state index is 0. The third-order valence-corrected chi connectivity index (χ3v) is 2.38. The summed E-state index contributed by atoms with van der Waals surface area (Å²) in [6.07, 6.45) is 3.36. The van der Waals surface area contributed by atoms with E-state index in [-0.39, 0.29) is 12.4 Å². The molecule has 0 aliphatic rings. The summed E-state index contributed by atoms with van der Waals surface area (Å²) >= 11 is 1.72. The Bertz CT molecular complexity index is 213. The summed E-state index contributed by atoms with van der Waals surface area (Å²) in [5.41, 5.74) is 6.60. The maximum atomic E-state index is 5.38. The van der Waals surface area contributed by atoms with Crippen LogP contribution in [0.5, 0.6) is 0 Å². The van der Waals surface area contributed by atoms with Gasteiger partial charge in [0, 0.05) is 5.38 Å². The summed E-state index contributed by atoms with van der Waals surface area (Å²) in [5.74, 6) is 0. The SMILES string of the molecule is Cc1nc(CCCCN)cs1.Cl. The van der Waals surface area contributed by atoms with Crippen LogP contribution in [-0.2, 0) is 6.42 Å². The van der Waals surface area contributed by atoms with Crippen LogP contribution in [0.4, 0.5) is 0 Å². The number of halogens is 1. The van der Waals surface area contributed by atoms with Crippen molar-refractivity contribution in [2.24, 2.45) is 5.73 Å². The first kappa shape index (κ1) is 11.9. The average molecular weight is 207 g/mol. The maximum Gasteiger partial charge on any atom is 0.0897 e. The first-order valence-corrected chi connectivity index (χ1v) is 4.82. The van der Waals surface area contributed by atoms with Gasteiger partial charge in [-0.3, -0.25) is 0 Å². The van der Waals surface area contributed by atoms with Crippen molar-refractivity contribution in [3.8, 4) is 0 Å². The molecule has 0 saturated carbocycles. The first-order valence-electron chi connectivity index (χ1n) is 3.94. The molecular weight excluding hydrogens is 192 g/mol. The van der Waals surface area contributed by atoms with Crippen molar-refractivity contribution in [3.05, 3.63) is 16.1 Å². The van der Waals surface area contributed by atoms with E-state index < -0.39 is 0 Å². The molecule has 0 aliphatic heterocycles. The van der Waals surface area contributed by atoms with Crippen molar-refractivity contribution in [1.82, 2.24) is 4.98 Å². The van der Waals surface area contributed by atoms with E-state index in [4.69, 9.17) is 5.73 Å². The van der Waals surface area contributed by atoms with E-state index >= 15 is 0 Å². The third kappa shape index (κ3) is 4.04. The summed E-state index contributed by atoms with van der Waals surface area (Å²) in [7, 11) is 0. The van der Waals surface area contributed by atoms with Crippen molar-refractivity contribution >= 4 is 23.7 Å². The van der Waals surface area contributed by atoms with Gasteiger partial charge in [0.05, 0.1) is 10.7 Å². The second-order valence-electron chi connectivity index (χ2n) is 2.60. The van der Waals surface area contributed by atoms with Gasteiger partial charge < -0.3 is 5.73 Å². The monoisotopic (exact) mass is 206 g/mol. The Balaban J connectivity index is 0.00000121. The number of unbranched alkanes of at least 4 members (excludes halogenated alkanes) is 1. The quantitative estimate of drug-likeness (QED) is 0.767. The van der Waals surface area contributed by atoms with Crippen LogP contribution in [0.3, 0.4) is 0 Å². The van der Waals surface area contributed by atoms with Crippen molar-refractivity contribution < 1.29 is 0 Å².